The predicted molar refractivity (Wildman–Crippen MR) is 73.1 cm³/mol. The zero-order chi connectivity index (χ0) is 15.5. The van der Waals surface area contributed by atoms with Gasteiger partial charge in [0, 0.05) is 21.9 Å². The Balaban J connectivity index is 2.12. The van der Waals surface area contributed by atoms with Crippen LogP contribution in [0.2, 0.25) is 0 Å². The highest BCUT2D eigenvalue weighted by molar-refractivity contribution is 9.10. The molecule has 7 heteroatoms. The van der Waals surface area contributed by atoms with Gasteiger partial charge < -0.3 is 4.74 Å². The molecule has 0 radical (unpaired) electrons. The van der Waals surface area contributed by atoms with Gasteiger partial charge in [0.2, 0.25) is 0 Å². The van der Waals surface area contributed by atoms with E-state index in [1.165, 1.54) is 12.1 Å². The second kappa shape index (κ2) is 6.26. The van der Waals surface area contributed by atoms with Gasteiger partial charge in [-0.3, -0.25) is 9.78 Å². The summed E-state index contributed by atoms with van der Waals surface area (Å²) in [6.45, 7) is 0. The van der Waals surface area contributed by atoms with E-state index >= 15 is 0 Å². The Morgan fingerprint density at radius 2 is 2.00 bits per heavy atom. The summed E-state index contributed by atoms with van der Waals surface area (Å²) in [5, 5.41) is 0. The summed E-state index contributed by atoms with van der Waals surface area (Å²) in [6, 6.07) is 8.38. The number of carbonyl (C=O) groups excluding carboxylic acids is 1. The van der Waals surface area contributed by atoms with Crippen molar-refractivity contribution in [2.24, 2.45) is 0 Å². The van der Waals surface area contributed by atoms with Gasteiger partial charge in [-0.15, -0.1) is 13.2 Å². The minimum absolute atomic E-state index is 0.00273. The average Bonchev–Trinajstić information content (AvgIpc) is 2.40. The lowest BCUT2D eigenvalue weighted by Crippen LogP contribution is -2.17. The molecule has 3 nitrogen and oxygen atoms in total. The Labute approximate surface area is 126 Å². The van der Waals surface area contributed by atoms with Crippen molar-refractivity contribution >= 4 is 21.7 Å². The molecule has 0 bridgehead atoms. The third kappa shape index (κ3) is 4.86. The molecule has 0 N–H and O–H groups in total. The molecule has 0 spiro atoms. The Morgan fingerprint density at radius 1 is 1.24 bits per heavy atom. The van der Waals surface area contributed by atoms with E-state index in [9.17, 15) is 18.0 Å². The zero-order valence-corrected chi connectivity index (χ0v) is 12.1. The lowest BCUT2D eigenvalue weighted by atomic mass is 10.1. The van der Waals surface area contributed by atoms with Gasteiger partial charge in [-0.25, -0.2) is 0 Å². The largest absolute Gasteiger partial charge is 0.573 e. The van der Waals surface area contributed by atoms with E-state index in [1.807, 2.05) is 0 Å². The van der Waals surface area contributed by atoms with Crippen LogP contribution in [0.25, 0.3) is 0 Å². The molecule has 1 heterocycles. The quantitative estimate of drug-likeness (QED) is 0.769. The minimum Gasteiger partial charge on any atom is -0.406 e. The molecule has 0 aliphatic rings. The van der Waals surface area contributed by atoms with Crippen molar-refractivity contribution in [3.63, 3.8) is 0 Å². The number of halogens is 4. The summed E-state index contributed by atoms with van der Waals surface area (Å²) in [5.41, 5.74) is 0.673. The Kier molecular flexibility index (Phi) is 4.62. The lowest BCUT2D eigenvalue weighted by molar-refractivity contribution is -0.274. The molecule has 0 aliphatic heterocycles. The van der Waals surface area contributed by atoms with Crippen molar-refractivity contribution in [3.8, 4) is 5.75 Å². The molecule has 0 aliphatic carbocycles. The topological polar surface area (TPSA) is 39.2 Å². The second-order valence-electron chi connectivity index (χ2n) is 4.14. The number of pyridine rings is 1. The van der Waals surface area contributed by atoms with Crippen molar-refractivity contribution in [1.82, 2.24) is 4.98 Å². The molecule has 0 atom stereocenters. The lowest BCUT2D eigenvalue weighted by Gasteiger charge is -2.09. The first kappa shape index (κ1) is 15.5. The van der Waals surface area contributed by atoms with Crippen LogP contribution in [0.1, 0.15) is 16.1 Å². The summed E-state index contributed by atoms with van der Waals surface area (Å²) in [6.07, 6.45) is -3.23. The molecule has 0 unspecified atom stereocenters. The molecule has 110 valence electrons. The molecule has 2 rings (SSSR count). The van der Waals surface area contributed by atoms with Crippen molar-refractivity contribution in [2.45, 2.75) is 12.8 Å². The summed E-state index contributed by atoms with van der Waals surface area (Å²) >= 11 is 3.22. The van der Waals surface area contributed by atoms with E-state index < -0.39 is 12.1 Å². The maximum atomic E-state index is 12.1. The van der Waals surface area contributed by atoms with Crippen molar-refractivity contribution < 1.29 is 22.7 Å². The molecule has 0 saturated heterocycles. The van der Waals surface area contributed by atoms with Crippen LogP contribution in [0, 0.1) is 0 Å². The monoisotopic (exact) mass is 359 g/mol. The van der Waals surface area contributed by atoms with Crippen LogP contribution in [0.3, 0.4) is 0 Å². The average molecular weight is 360 g/mol. The summed E-state index contributed by atoms with van der Waals surface area (Å²) in [4.78, 5) is 16.1. The maximum absolute atomic E-state index is 12.1. The van der Waals surface area contributed by atoms with E-state index in [4.69, 9.17) is 0 Å². The highest BCUT2D eigenvalue weighted by Crippen LogP contribution is 2.23. The molecular weight excluding hydrogens is 351 g/mol. The highest BCUT2D eigenvalue weighted by atomic mass is 79.9. The van der Waals surface area contributed by atoms with E-state index in [0.29, 0.717) is 5.69 Å². The van der Waals surface area contributed by atoms with Crippen molar-refractivity contribution in [3.05, 3.63) is 58.3 Å². The van der Waals surface area contributed by atoms with Crippen LogP contribution in [0.15, 0.2) is 47.1 Å². The van der Waals surface area contributed by atoms with Crippen LogP contribution >= 0.6 is 15.9 Å². The van der Waals surface area contributed by atoms with Crippen LogP contribution in [-0.2, 0) is 6.42 Å². The summed E-state index contributed by atoms with van der Waals surface area (Å²) in [7, 11) is 0. The van der Waals surface area contributed by atoms with Gasteiger partial charge in [0.05, 0.1) is 6.42 Å². The fraction of sp³-hybridized carbons (Fsp3) is 0.143. The van der Waals surface area contributed by atoms with Gasteiger partial charge in [0.15, 0.2) is 5.78 Å². The number of hydrogen-bond acceptors (Lipinski definition) is 3. The number of Topliss-reactive ketones (excluding diaryl/α,β-unsaturated/α-hetero) is 1. The van der Waals surface area contributed by atoms with Crippen LogP contribution < -0.4 is 4.74 Å². The Morgan fingerprint density at radius 3 is 2.62 bits per heavy atom. The van der Waals surface area contributed by atoms with E-state index in [2.05, 4.69) is 25.7 Å². The van der Waals surface area contributed by atoms with Crippen molar-refractivity contribution in [1.29, 1.82) is 0 Å². The second-order valence-corrected chi connectivity index (χ2v) is 5.06. The number of rotatable bonds is 4. The van der Waals surface area contributed by atoms with Crippen LogP contribution in [0.4, 0.5) is 13.2 Å². The molecule has 2 aromatic rings. The summed E-state index contributed by atoms with van der Waals surface area (Å²) in [5.74, 6) is -0.755. The van der Waals surface area contributed by atoms with Gasteiger partial charge >= 0.3 is 6.36 Å². The van der Waals surface area contributed by atoms with Gasteiger partial charge in [-0.05, 0) is 40.2 Å². The van der Waals surface area contributed by atoms with Gasteiger partial charge in [-0.1, -0.05) is 12.1 Å². The first-order valence-electron chi connectivity index (χ1n) is 5.83. The maximum Gasteiger partial charge on any atom is 0.573 e. The van der Waals surface area contributed by atoms with E-state index in [1.54, 1.807) is 18.3 Å². The molecule has 0 saturated carbocycles. The van der Waals surface area contributed by atoms with Crippen molar-refractivity contribution in [2.75, 3.05) is 0 Å². The SMILES string of the molecule is O=C(Cc1ccc(Br)cn1)c1cccc(OC(F)(F)F)c1. The van der Waals surface area contributed by atoms with Crippen LogP contribution in [0.5, 0.6) is 5.75 Å². The molecule has 0 amide bonds. The minimum atomic E-state index is -4.78. The Hall–Kier alpha value is -1.89. The molecule has 21 heavy (non-hydrogen) atoms. The number of carbonyl (C=O) groups is 1. The number of hydrogen-bond donors (Lipinski definition) is 0. The van der Waals surface area contributed by atoms with Crippen LogP contribution in [-0.4, -0.2) is 17.1 Å². The third-order valence-corrected chi connectivity index (χ3v) is 2.99. The fourth-order valence-corrected chi connectivity index (χ4v) is 1.88. The highest BCUT2D eigenvalue weighted by Gasteiger charge is 2.31. The standard InChI is InChI=1S/C14H9BrF3NO2/c15-10-4-5-11(19-8-10)7-13(20)9-2-1-3-12(6-9)21-14(16,17)18/h1-6,8H,7H2. The fourth-order valence-electron chi connectivity index (χ4n) is 1.64. The normalized spacial score (nSPS) is 11.2. The number of ketones is 1. The van der Waals surface area contributed by atoms with Gasteiger partial charge in [0.25, 0.3) is 0 Å². The number of alkyl halides is 3. The number of ether oxygens (including phenoxy) is 1. The summed E-state index contributed by atoms with van der Waals surface area (Å²) < 4.78 is 41.0. The Bertz CT molecular complexity index is 641. The molecular formula is C14H9BrF3NO2. The number of aromatic nitrogens is 1. The predicted octanol–water partition coefficient (Wildman–Crippen LogP) is 4.17. The van der Waals surface area contributed by atoms with Gasteiger partial charge in [0.1, 0.15) is 5.75 Å². The van der Waals surface area contributed by atoms with E-state index in [-0.39, 0.29) is 17.8 Å². The zero-order valence-electron chi connectivity index (χ0n) is 10.5. The smallest absolute Gasteiger partial charge is 0.406 e. The van der Waals surface area contributed by atoms with E-state index in [0.717, 1.165) is 16.6 Å². The molecule has 1 aromatic carbocycles. The molecule has 0 fully saturated rings. The number of benzene rings is 1. The first-order chi connectivity index (χ1) is 9.83. The molecule has 1 aromatic heterocycles. The number of nitrogens with zero attached hydrogens (tertiary/aromatic N) is 1. The third-order valence-electron chi connectivity index (χ3n) is 2.52. The van der Waals surface area contributed by atoms with Gasteiger partial charge in [-0.2, -0.15) is 0 Å². The first-order valence-corrected chi connectivity index (χ1v) is 6.62.